The van der Waals surface area contributed by atoms with E-state index in [0.29, 0.717) is 22.4 Å². The van der Waals surface area contributed by atoms with Crippen molar-refractivity contribution in [3.8, 4) is 11.1 Å². The van der Waals surface area contributed by atoms with E-state index in [9.17, 15) is 22.8 Å². The van der Waals surface area contributed by atoms with Crippen molar-refractivity contribution in [1.82, 2.24) is 4.90 Å². The van der Waals surface area contributed by atoms with Gasteiger partial charge in [0.05, 0.1) is 12.1 Å². The molecule has 0 heterocycles. The minimum absolute atomic E-state index is 0.168. The molecule has 2 amide bonds. The molecule has 0 saturated heterocycles. The van der Waals surface area contributed by atoms with Crippen LogP contribution in [0.3, 0.4) is 0 Å². The number of carbonyl (C=O) groups excluding carboxylic acids is 2. The average Bonchev–Trinajstić information content (AvgIpc) is 2.78. The van der Waals surface area contributed by atoms with E-state index in [1.54, 1.807) is 30.3 Å². The lowest BCUT2D eigenvalue weighted by Crippen LogP contribution is -2.35. The van der Waals surface area contributed by atoms with E-state index in [1.165, 1.54) is 24.1 Å². The number of likely N-dealkylation sites (N-methyl/N-ethyl adjacent to an activating group) is 1. The van der Waals surface area contributed by atoms with Gasteiger partial charge < -0.3 is 10.2 Å². The normalized spacial score (nSPS) is 11.2. The molecule has 0 bridgehead atoms. The third-order valence-corrected chi connectivity index (χ3v) is 5.08. The Morgan fingerprint density at radius 1 is 0.906 bits per heavy atom. The zero-order chi connectivity index (χ0) is 23.3. The number of anilines is 1. The number of carbonyl (C=O) groups is 2. The van der Waals surface area contributed by atoms with Crippen LogP contribution in [0.1, 0.15) is 28.4 Å². The Balaban J connectivity index is 1.77. The molecular weight excluding hydrogens is 417 g/mol. The zero-order valence-electron chi connectivity index (χ0n) is 17.7. The first kappa shape index (κ1) is 23.1. The number of para-hydroxylation sites is 1. The summed E-state index contributed by atoms with van der Waals surface area (Å²) >= 11 is 0. The van der Waals surface area contributed by atoms with Crippen LogP contribution < -0.4 is 5.32 Å². The lowest BCUT2D eigenvalue weighted by molar-refractivity contribution is -0.137. The molecule has 166 valence electrons. The lowest BCUT2D eigenvalue weighted by atomic mass is 9.98. The van der Waals surface area contributed by atoms with Gasteiger partial charge in [0.25, 0.3) is 5.91 Å². The molecule has 0 radical (unpaired) electrons. The average molecular weight is 440 g/mol. The fraction of sp³-hybridized carbons (Fsp3) is 0.200. The SMILES string of the molecule is CCc1ccccc1NC(=O)CN(C)C(=O)c1ccccc1-c1ccc(C(F)(F)F)cc1. The molecule has 32 heavy (non-hydrogen) atoms. The number of alkyl halides is 3. The molecule has 3 aromatic rings. The van der Waals surface area contributed by atoms with E-state index in [-0.39, 0.29) is 12.5 Å². The van der Waals surface area contributed by atoms with Crippen molar-refractivity contribution in [3.63, 3.8) is 0 Å². The second kappa shape index (κ2) is 9.68. The maximum atomic E-state index is 13.0. The molecule has 0 saturated carbocycles. The Hall–Kier alpha value is -3.61. The summed E-state index contributed by atoms with van der Waals surface area (Å²) in [4.78, 5) is 26.8. The van der Waals surface area contributed by atoms with Crippen molar-refractivity contribution in [2.24, 2.45) is 0 Å². The van der Waals surface area contributed by atoms with Crippen molar-refractivity contribution in [2.75, 3.05) is 18.9 Å². The van der Waals surface area contributed by atoms with Gasteiger partial charge in [-0.05, 0) is 47.4 Å². The molecule has 0 unspecified atom stereocenters. The number of nitrogens with one attached hydrogen (secondary N) is 1. The van der Waals surface area contributed by atoms with Crippen LogP contribution in [-0.4, -0.2) is 30.3 Å². The molecular formula is C25H23F3N2O2. The minimum atomic E-state index is -4.43. The Morgan fingerprint density at radius 3 is 2.19 bits per heavy atom. The third kappa shape index (κ3) is 5.35. The molecule has 0 aliphatic carbocycles. The van der Waals surface area contributed by atoms with E-state index in [4.69, 9.17) is 0 Å². The van der Waals surface area contributed by atoms with E-state index >= 15 is 0 Å². The highest BCUT2D eigenvalue weighted by atomic mass is 19.4. The molecule has 4 nitrogen and oxygen atoms in total. The highest BCUT2D eigenvalue weighted by Gasteiger charge is 2.30. The topological polar surface area (TPSA) is 49.4 Å². The molecule has 3 rings (SSSR count). The van der Waals surface area contributed by atoms with Crippen LogP contribution >= 0.6 is 0 Å². The highest BCUT2D eigenvalue weighted by molar-refractivity contribution is 6.03. The maximum absolute atomic E-state index is 13.0. The molecule has 1 N–H and O–H groups in total. The zero-order valence-corrected chi connectivity index (χ0v) is 17.7. The van der Waals surface area contributed by atoms with E-state index in [1.807, 2.05) is 25.1 Å². The van der Waals surface area contributed by atoms with Crippen LogP contribution in [0.2, 0.25) is 0 Å². The molecule has 7 heteroatoms. The van der Waals surface area contributed by atoms with Crippen LogP contribution in [-0.2, 0) is 17.4 Å². The molecule has 0 aromatic heterocycles. The Morgan fingerprint density at radius 2 is 1.53 bits per heavy atom. The summed E-state index contributed by atoms with van der Waals surface area (Å²) in [5, 5.41) is 2.83. The molecule has 0 fully saturated rings. The third-order valence-electron chi connectivity index (χ3n) is 5.08. The number of benzene rings is 3. The summed E-state index contributed by atoms with van der Waals surface area (Å²) in [6.45, 7) is 1.82. The number of nitrogens with zero attached hydrogens (tertiary/aromatic N) is 1. The summed E-state index contributed by atoms with van der Waals surface area (Å²) in [5.74, 6) is -0.742. The fourth-order valence-corrected chi connectivity index (χ4v) is 3.39. The largest absolute Gasteiger partial charge is 0.416 e. The van der Waals surface area contributed by atoms with Crippen molar-refractivity contribution >= 4 is 17.5 Å². The molecule has 0 atom stereocenters. The Kier molecular flexibility index (Phi) is 6.98. The van der Waals surface area contributed by atoms with Crippen LogP contribution in [0.25, 0.3) is 11.1 Å². The van der Waals surface area contributed by atoms with Crippen molar-refractivity contribution in [2.45, 2.75) is 19.5 Å². The molecule has 3 aromatic carbocycles. The number of amides is 2. The Labute approximate surface area is 184 Å². The van der Waals surface area contributed by atoms with E-state index < -0.39 is 17.6 Å². The van der Waals surface area contributed by atoms with Crippen molar-refractivity contribution in [1.29, 1.82) is 0 Å². The summed E-state index contributed by atoms with van der Waals surface area (Å²) in [6.07, 6.45) is -3.68. The van der Waals surface area contributed by atoms with Gasteiger partial charge in [-0.25, -0.2) is 0 Å². The number of aryl methyl sites for hydroxylation is 1. The summed E-state index contributed by atoms with van der Waals surface area (Å²) in [7, 11) is 1.51. The fourth-order valence-electron chi connectivity index (χ4n) is 3.39. The second-order valence-corrected chi connectivity index (χ2v) is 7.34. The Bertz CT molecular complexity index is 1110. The number of halogens is 3. The predicted octanol–water partition coefficient (Wildman–Crippen LogP) is 5.65. The van der Waals surface area contributed by atoms with Gasteiger partial charge in [0, 0.05) is 18.3 Å². The van der Waals surface area contributed by atoms with Gasteiger partial charge in [-0.15, -0.1) is 0 Å². The first-order chi connectivity index (χ1) is 15.2. The van der Waals surface area contributed by atoms with Gasteiger partial charge in [-0.2, -0.15) is 13.2 Å². The van der Waals surface area contributed by atoms with E-state index in [2.05, 4.69) is 5.32 Å². The van der Waals surface area contributed by atoms with Gasteiger partial charge in [0.1, 0.15) is 0 Å². The smallest absolute Gasteiger partial charge is 0.332 e. The van der Waals surface area contributed by atoms with Crippen molar-refractivity contribution < 1.29 is 22.8 Å². The van der Waals surface area contributed by atoms with Gasteiger partial charge in [0.2, 0.25) is 5.91 Å². The minimum Gasteiger partial charge on any atom is -0.332 e. The number of hydrogen-bond donors (Lipinski definition) is 1. The first-order valence-electron chi connectivity index (χ1n) is 10.1. The molecule has 0 aliphatic heterocycles. The van der Waals surface area contributed by atoms with Crippen LogP contribution in [0.15, 0.2) is 72.8 Å². The van der Waals surface area contributed by atoms with Gasteiger partial charge in [-0.1, -0.05) is 55.5 Å². The second-order valence-electron chi connectivity index (χ2n) is 7.34. The molecule has 0 spiro atoms. The van der Waals surface area contributed by atoms with Crippen LogP contribution in [0.5, 0.6) is 0 Å². The van der Waals surface area contributed by atoms with Gasteiger partial charge in [0.15, 0.2) is 0 Å². The predicted molar refractivity (Wildman–Crippen MR) is 118 cm³/mol. The number of rotatable bonds is 6. The maximum Gasteiger partial charge on any atom is 0.416 e. The number of hydrogen-bond acceptors (Lipinski definition) is 2. The summed E-state index contributed by atoms with van der Waals surface area (Å²) in [6, 6.07) is 18.7. The van der Waals surface area contributed by atoms with Crippen molar-refractivity contribution in [3.05, 3.63) is 89.5 Å². The van der Waals surface area contributed by atoms with Crippen LogP contribution in [0, 0.1) is 0 Å². The quantitative estimate of drug-likeness (QED) is 0.539. The van der Waals surface area contributed by atoms with Crippen LogP contribution in [0.4, 0.5) is 18.9 Å². The van der Waals surface area contributed by atoms with Gasteiger partial charge >= 0.3 is 6.18 Å². The van der Waals surface area contributed by atoms with Gasteiger partial charge in [-0.3, -0.25) is 9.59 Å². The standard InChI is InChI=1S/C25H23F3N2O2/c1-3-17-8-4-7-11-22(17)29-23(31)16-30(2)24(32)21-10-6-5-9-20(21)18-12-14-19(15-13-18)25(26,27)28/h4-15H,3,16H2,1-2H3,(H,29,31). The highest BCUT2D eigenvalue weighted by Crippen LogP contribution is 2.32. The molecule has 0 aliphatic rings. The summed E-state index contributed by atoms with van der Waals surface area (Å²) < 4.78 is 38.6. The monoisotopic (exact) mass is 440 g/mol. The lowest BCUT2D eigenvalue weighted by Gasteiger charge is -2.19. The van der Waals surface area contributed by atoms with E-state index in [0.717, 1.165) is 24.1 Å². The first-order valence-corrected chi connectivity index (χ1v) is 10.1. The summed E-state index contributed by atoms with van der Waals surface area (Å²) in [5.41, 5.74) is 2.21.